The minimum absolute atomic E-state index is 0.199. The number of aryl methyl sites for hydroxylation is 1. The van der Waals surface area contributed by atoms with Crippen LogP contribution in [0.3, 0.4) is 0 Å². The highest BCUT2D eigenvalue weighted by molar-refractivity contribution is 5.82. The summed E-state index contributed by atoms with van der Waals surface area (Å²) >= 11 is 0. The van der Waals surface area contributed by atoms with Gasteiger partial charge in [0.2, 0.25) is 0 Å². The molecule has 0 amide bonds. The van der Waals surface area contributed by atoms with E-state index < -0.39 is 11.9 Å². The highest BCUT2D eigenvalue weighted by Gasteiger charge is 2.33. The predicted octanol–water partition coefficient (Wildman–Crippen LogP) is 3.88. The van der Waals surface area contributed by atoms with Crippen molar-refractivity contribution in [3.05, 3.63) is 48.0 Å². The van der Waals surface area contributed by atoms with Gasteiger partial charge in [-0.1, -0.05) is 6.92 Å². The van der Waals surface area contributed by atoms with Gasteiger partial charge < -0.3 is 0 Å². The van der Waals surface area contributed by atoms with E-state index in [1.807, 2.05) is 25.1 Å². The Balaban J connectivity index is 2.00. The molecule has 5 nitrogen and oxygen atoms in total. The highest BCUT2D eigenvalue weighted by atomic mass is 19.4. The average Bonchev–Trinajstić information content (AvgIpc) is 3.16. The summed E-state index contributed by atoms with van der Waals surface area (Å²) in [6.07, 6.45) is -2.26. The lowest BCUT2D eigenvalue weighted by Crippen LogP contribution is -2.09. The number of nitrogens with zero attached hydrogens (tertiary/aromatic N) is 4. The number of benzene rings is 1. The number of hydrogen-bond donors (Lipinski definition) is 1. The van der Waals surface area contributed by atoms with Crippen LogP contribution < -0.4 is 0 Å². The Morgan fingerprint density at radius 3 is 2.71 bits per heavy atom. The van der Waals surface area contributed by atoms with Gasteiger partial charge in [-0.2, -0.15) is 18.3 Å². The number of alkyl halides is 3. The Bertz CT molecular complexity index is 1040. The standard InChI is InChI=1S/C16H12F3N5/c1-2-14-21-12-5-6-13(16(17,18)19)22-15(12)24(14)10-3-4-11-9(7-10)8-20-23-11/h3-8H,2H2,1H3,(H,20,23). The topological polar surface area (TPSA) is 59.4 Å². The number of halogens is 3. The summed E-state index contributed by atoms with van der Waals surface area (Å²) in [5.41, 5.74) is 1.26. The summed E-state index contributed by atoms with van der Waals surface area (Å²) in [6.45, 7) is 1.90. The molecule has 0 aliphatic heterocycles. The van der Waals surface area contributed by atoms with Crippen molar-refractivity contribution in [2.75, 3.05) is 0 Å². The van der Waals surface area contributed by atoms with Crippen molar-refractivity contribution >= 4 is 22.1 Å². The molecule has 0 unspecified atom stereocenters. The summed E-state index contributed by atoms with van der Waals surface area (Å²) in [5.74, 6) is 0.652. The minimum atomic E-state index is -4.50. The molecular formula is C16H12F3N5. The van der Waals surface area contributed by atoms with Gasteiger partial charge >= 0.3 is 6.18 Å². The number of rotatable bonds is 2. The first-order valence-corrected chi connectivity index (χ1v) is 7.36. The second kappa shape index (κ2) is 5.05. The van der Waals surface area contributed by atoms with Gasteiger partial charge in [-0.05, 0) is 30.3 Å². The van der Waals surface area contributed by atoms with Crippen molar-refractivity contribution in [1.29, 1.82) is 0 Å². The minimum Gasteiger partial charge on any atom is -0.281 e. The van der Waals surface area contributed by atoms with Crippen LogP contribution in [0.1, 0.15) is 18.4 Å². The maximum Gasteiger partial charge on any atom is 0.433 e. The lowest BCUT2D eigenvalue weighted by atomic mass is 10.2. The van der Waals surface area contributed by atoms with Gasteiger partial charge in [0.1, 0.15) is 17.0 Å². The number of hydrogen-bond acceptors (Lipinski definition) is 3. The first-order valence-electron chi connectivity index (χ1n) is 7.36. The second-order valence-corrected chi connectivity index (χ2v) is 5.40. The average molecular weight is 331 g/mol. The zero-order chi connectivity index (χ0) is 16.9. The normalized spacial score (nSPS) is 12.3. The summed E-state index contributed by atoms with van der Waals surface area (Å²) in [7, 11) is 0. The molecule has 1 N–H and O–H groups in total. The summed E-state index contributed by atoms with van der Waals surface area (Å²) in [4.78, 5) is 8.22. The van der Waals surface area contributed by atoms with Gasteiger partial charge in [0.05, 0.1) is 11.7 Å². The van der Waals surface area contributed by atoms with Crippen LogP contribution in [0.25, 0.3) is 27.8 Å². The van der Waals surface area contributed by atoms with Crippen LogP contribution in [0.5, 0.6) is 0 Å². The van der Waals surface area contributed by atoms with Crippen LogP contribution in [0.4, 0.5) is 13.2 Å². The largest absolute Gasteiger partial charge is 0.433 e. The van der Waals surface area contributed by atoms with Gasteiger partial charge in [0.15, 0.2) is 5.65 Å². The smallest absolute Gasteiger partial charge is 0.281 e. The summed E-state index contributed by atoms with van der Waals surface area (Å²) in [6, 6.07) is 7.80. The Hall–Kier alpha value is -2.90. The fourth-order valence-electron chi connectivity index (χ4n) is 2.74. The molecule has 3 heterocycles. The first-order chi connectivity index (χ1) is 11.5. The molecule has 0 bridgehead atoms. The maximum atomic E-state index is 13.0. The molecule has 0 aliphatic carbocycles. The number of imidazole rings is 1. The zero-order valence-corrected chi connectivity index (χ0v) is 12.6. The van der Waals surface area contributed by atoms with Crippen molar-refractivity contribution in [2.24, 2.45) is 0 Å². The number of aromatic amines is 1. The molecule has 3 aromatic heterocycles. The number of aromatic nitrogens is 5. The third-order valence-corrected chi connectivity index (χ3v) is 3.86. The van der Waals surface area contributed by atoms with E-state index in [0.29, 0.717) is 23.4 Å². The van der Waals surface area contributed by atoms with E-state index in [0.717, 1.165) is 17.0 Å². The zero-order valence-electron chi connectivity index (χ0n) is 12.6. The molecule has 0 saturated carbocycles. The summed E-state index contributed by atoms with van der Waals surface area (Å²) < 4.78 is 40.7. The van der Waals surface area contributed by atoms with Crippen LogP contribution in [-0.2, 0) is 12.6 Å². The van der Waals surface area contributed by atoms with Crippen molar-refractivity contribution in [3.63, 3.8) is 0 Å². The SMILES string of the molecule is CCc1nc2ccc(C(F)(F)F)nc2n1-c1ccc2[nH]ncc2c1. The Morgan fingerprint density at radius 2 is 1.96 bits per heavy atom. The molecule has 8 heteroatoms. The molecule has 0 saturated heterocycles. The molecular weight excluding hydrogens is 319 g/mol. The predicted molar refractivity (Wildman–Crippen MR) is 82.9 cm³/mol. The van der Waals surface area contributed by atoms with Gasteiger partial charge in [0, 0.05) is 17.5 Å². The van der Waals surface area contributed by atoms with E-state index in [2.05, 4.69) is 20.2 Å². The highest BCUT2D eigenvalue weighted by Crippen LogP contribution is 2.30. The van der Waals surface area contributed by atoms with E-state index in [9.17, 15) is 13.2 Å². The number of pyridine rings is 1. The monoisotopic (exact) mass is 331 g/mol. The van der Waals surface area contributed by atoms with Crippen LogP contribution in [-0.4, -0.2) is 24.7 Å². The first kappa shape index (κ1) is 14.7. The molecule has 0 atom stereocenters. The molecule has 4 aromatic rings. The van der Waals surface area contributed by atoms with Crippen molar-refractivity contribution in [1.82, 2.24) is 24.7 Å². The van der Waals surface area contributed by atoms with Gasteiger partial charge in [-0.3, -0.25) is 9.67 Å². The van der Waals surface area contributed by atoms with Crippen molar-refractivity contribution < 1.29 is 13.2 Å². The Kier molecular flexibility index (Phi) is 3.09. The molecule has 0 aliphatic rings. The molecule has 122 valence electrons. The Labute approximate surface area is 134 Å². The maximum absolute atomic E-state index is 13.0. The third-order valence-electron chi connectivity index (χ3n) is 3.86. The molecule has 24 heavy (non-hydrogen) atoms. The lowest BCUT2D eigenvalue weighted by Gasteiger charge is -2.09. The lowest BCUT2D eigenvalue weighted by molar-refractivity contribution is -0.141. The number of fused-ring (bicyclic) bond motifs is 2. The molecule has 0 fully saturated rings. The van der Waals surface area contributed by atoms with E-state index in [-0.39, 0.29) is 5.65 Å². The van der Waals surface area contributed by atoms with E-state index in [4.69, 9.17) is 0 Å². The van der Waals surface area contributed by atoms with Gasteiger partial charge in [-0.25, -0.2) is 9.97 Å². The number of nitrogens with one attached hydrogen (secondary N) is 1. The van der Waals surface area contributed by atoms with Crippen molar-refractivity contribution in [3.8, 4) is 5.69 Å². The second-order valence-electron chi connectivity index (χ2n) is 5.40. The van der Waals surface area contributed by atoms with Crippen LogP contribution >= 0.6 is 0 Å². The third kappa shape index (κ3) is 2.22. The fraction of sp³-hybridized carbons (Fsp3) is 0.188. The number of H-pyrrole nitrogens is 1. The molecule has 1 aromatic carbocycles. The van der Waals surface area contributed by atoms with E-state index >= 15 is 0 Å². The van der Waals surface area contributed by atoms with Gasteiger partial charge in [-0.15, -0.1) is 0 Å². The van der Waals surface area contributed by atoms with Crippen LogP contribution in [0, 0.1) is 0 Å². The quantitative estimate of drug-likeness (QED) is 0.606. The summed E-state index contributed by atoms with van der Waals surface area (Å²) in [5, 5.41) is 7.67. The van der Waals surface area contributed by atoms with Crippen LogP contribution in [0.15, 0.2) is 36.5 Å². The fourth-order valence-corrected chi connectivity index (χ4v) is 2.74. The van der Waals surface area contributed by atoms with E-state index in [1.54, 1.807) is 10.8 Å². The van der Waals surface area contributed by atoms with Crippen LogP contribution in [0.2, 0.25) is 0 Å². The molecule has 0 spiro atoms. The Morgan fingerprint density at radius 1 is 1.12 bits per heavy atom. The molecule has 4 rings (SSSR count). The van der Waals surface area contributed by atoms with Gasteiger partial charge in [0.25, 0.3) is 0 Å². The van der Waals surface area contributed by atoms with E-state index in [1.165, 1.54) is 6.07 Å². The van der Waals surface area contributed by atoms with Crippen molar-refractivity contribution in [2.45, 2.75) is 19.5 Å². The molecule has 0 radical (unpaired) electrons.